The lowest BCUT2D eigenvalue weighted by Crippen LogP contribution is -2.38. The van der Waals surface area contributed by atoms with Crippen LogP contribution in [0, 0.1) is 11.8 Å². The van der Waals surface area contributed by atoms with Gasteiger partial charge in [0.05, 0.1) is 25.0 Å². The number of carbonyl (C=O) groups excluding carboxylic acids is 2. The summed E-state index contributed by atoms with van der Waals surface area (Å²) in [4.78, 5) is 27.8. The van der Waals surface area contributed by atoms with Crippen LogP contribution in [0.4, 0.5) is 4.79 Å². The van der Waals surface area contributed by atoms with E-state index >= 15 is 0 Å². The van der Waals surface area contributed by atoms with Gasteiger partial charge in [-0.05, 0) is 95.7 Å². The monoisotopic (exact) mass is 604 g/mol. The van der Waals surface area contributed by atoms with Crippen molar-refractivity contribution in [2.24, 2.45) is 11.8 Å². The van der Waals surface area contributed by atoms with Gasteiger partial charge in [0.15, 0.2) is 0 Å². The van der Waals surface area contributed by atoms with Crippen LogP contribution in [0.25, 0.3) is 0 Å². The van der Waals surface area contributed by atoms with Gasteiger partial charge in [0.25, 0.3) is 0 Å². The van der Waals surface area contributed by atoms with Crippen LogP contribution < -0.4 is 14.2 Å². The Balaban J connectivity index is 1.79. The molecule has 0 unspecified atom stereocenters. The Hall–Kier alpha value is -3.31. The van der Waals surface area contributed by atoms with Crippen molar-refractivity contribution in [3.05, 3.63) is 53.6 Å². The van der Waals surface area contributed by atoms with E-state index in [-0.39, 0.29) is 29.7 Å². The van der Waals surface area contributed by atoms with E-state index in [1.165, 1.54) is 20.3 Å². The Morgan fingerprint density at radius 1 is 0.929 bits per heavy atom. The SMILES string of the molecule is COc1cc(CNS(=O)(=O)c2cccc(C[C@H](C(=O)OC(C)(C)C)[C@H]3CCN(C(=O)OC(C)(C)C)C3)c2)cc(OC)c1. The summed E-state index contributed by atoms with van der Waals surface area (Å²) in [6, 6.07) is 11.7. The van der Waals surface area contributed by atoms with Crippen molar-refractivity contribution < 1.29 is 37.0 Å². The average Bonchev–Trinajstić information content (AvgIpc) is 3.39. The van der Waals surface area contributed by atoms with Crippen molar-refractivity contribution in [2.45, 2.75) is 77.0 Å². The molecular weight excluding hydrogens is 560 g/mol. The van der Waals surface area contributed by atoms with Gasteiger partial charge in [-0.25, -0.2) is 17.9 Å². The zero-order valence-corrected chi connectivity index (χ0v) is 26.7. The number of amides is 1. The average molecular weight is 605 g/mol. The molecule has 232 valence electrons. The maximum Gasteiger partial charge on any atom is 0.410 e. The maximum atomic E-state index is 13.4. The highest BCUT2D eigenvalue weighted by Crippen LogP contribution is 2.31. The number of likely N-dealkylation sites (tertiary alicyclic amines) is 1. The Labute approximate surface area is 249 Å². The first-order chi connectivity index (χ1) is 19.5. The van der Waals surface area contributed by atoms with Crippen LogP contribution in [0.2, 0.25) is 0 Å². The first-order valence-corrected chi connectivity index (χ1v) is 15.5. The molecule has 0 bridgehead atoms. The summed E-state index contributed by atoms with van der Waals surface area (Å²) < 4.78 is 50.9. The number of hydrogen-bond donors (Lipinski definition) is 1. The van der Waals surface area contributed by atoms with Crippen LogP contribution in [-0.2, 0) is 37.3 Å². The number of methoxy groups -OCH3 is 2. The molecular formula is C31H44N2O8S. The van der Waals surface area contributed by atoms with Gasteiger partial charge in [0.2, 0.25) is 10.0 Å². The van der Waals surface area contributed by atoms with Crippen molar-refractivity contribution in [1.29, 1.82) is 0 Å². The number of nitrogens with zero attached hydrogens (tertiary/aromatic N) is 1. The van der Waals surface area contributed by atoms with E-state index in [1.54, 1.807) is 62.1 Å². The van der Waals surface area contributed by atoms with Crippen LogP contribution in [0.3, 0.4) is 0 Å². The second-order valence-corrected chi connectivity index (χ2v) is 14.3. The van der Waals surface area contributed by atoms with Crippen LogP contribution in [0.5, 0.6) is 11.5 Å². The Morgan fingerprint density at radius 2 is 1.55 bits per heavy atom. The first-order valence-electron chi connectivity index (χ1n) is 14.0. The number of hydrogen-bond acceptors (Lipinski definition) is 8. The predicted octanol–water partition coefficient (Wildman–Crippen LogP) is 4.94. The van der Waals surface area contributed by atoms with Gasteiger partial charge in [-0.2, -0.15) is 0 Å². The zero-order chi connectivity index (χ0) is 31.3. The lowest BCUT2D eigenvalue weighted by molar-refractivity contribution is -0.161. The summed E-state index contributed by atoms with van der Waals surface area (Å²) >= 11 is 0. The largest absolute Gasteiger partial charge is 0.497 e. The molecule has 2 aromatic rings. The Morgan fingerprint density at radius 3 is 2.12 bits per heavy atom. The molecule has 42 heavy (non-hydrogen) atoms. The van der Waals surface area contributed by atoms with E-state index in [0.717, 1.165) is 0 Å². The Kier molecular flexibility index (Phi) is 10.5. The van der Waals surface area contributed by atoms with Crippen molar-refractivity contribution in [3.8, 4) is 11.5 Å². The molecule has 2 atom stereocenters. The number of sulfonamides is 1. The molecule has 0 aliphatic carbocycles. The highest BCUT2D eigenvalue weighted by Gasteiger charge is 2.39. The number of esters is 1. The fourth-order valence-electron chi connectivity index (χ4n) is 4.75. The highest BCUT2D eigenvalue weighted by molar-refractivity contribution is 7.89. The van der Waals surface area contributed by atoms with E-state index in [4.69, 9.17) is 18.9 Å². The predicted molar refractivity (Wildman–Crippen MR) is 159 cm³/mol. The number of nitrogens with one attached hydrogen (secondary N) is 1. The summed E-state index contributed by atoms with van der Waals surface area (Å²) in [5.41, 5.74) is 0.0221. The van der Waals surface area contributed by atoms with E-state index in [1.807, 2.05) is 20.8 Å². The molecule has 2 aromatic carbocycles. The van der Waals surface area contributed by atoms with E-state index in [9.17, 15) is 18.0 Å². The number of rotatable bonds is 10. The van der Waals surface area contributed by atoms with Gasteiger partial charge < -0.3 is 23.8 Å². The minimum atomic E-state index is -3.88. The van der Waals surface area contributed by atoms with Gasteiger partial charge >= 0.3 is 12.1 Å². The Bertz CT molecular complexity index is 1340. The molecule has 0 spiro atoms. The van der Waals surface area contributed by atoms with Crippen molar-refractivity contribution in [1.82, 2.24) is 9.62 Å². The fourth-order valence-corrected chi connectivity index (χ4v) is 5.84. The molecule has 0 saturated carbocycles. The van der Waals surface area contributed by atoms with Crippen LogP contribution >= 0.6 is 0 Å². The van der Waals surface area contributed by atoms with Crippen molar-refractivity contribution in [3.63, 3.8) is 0 Å². The molecule has 1 saturated heterocycles. The molecule has 11 heteroatoms. The summed E-state index contributed by atoms with van der Waals surface area (Å²) in [5, 5.41) is 0. The van der Waals surface area contributed by atoms with E-state index in [2.05, 4.69) is 4.72 Å². The number of benzene rings is 2. The van der Waals surface area contributed by atoms with Gasteiger partial charge in [-0.3, -0.25) is 4.79 Å². The highest BCUT2D eigenvalue weighted by atomic mass is 32.2. The molecule has 0 aromatic heterocycles. The third-order valence-corrected chi connectivity index (χ3v) is 8.10. The molecule has 1 N–H and O–H groups in total. The fraction of sp³-hybridized carbons (Fsp3) is 0.548. The van der Waals surface area contributed by atoms with Crippen LogP contribution in [-0.4, -0.2) is 63.9 Å². The summed E-state index contributed by atoms with van der Waals surface area (Å²) in [6.07, 6.45) is 0.450. The lowest BCUT2D eigenvalue weighted by Gasteiger charge is -2.28. The smallest absolute Gasteiger partial charge is 0.410 e. The number of carbonyl (C=O) groups is 2. The molecule has 1 amide bonds. The van der Waals surface area contributed by atoms with Gasteiger partial charge in [-0.15, -0.1) is 0 Å². The van der Waals surface area contributed by atoms with Crippen LogP contribution in [0.15, 0.2) is 47.4 Å². The second-order valence-electron chi connectivity index (χ2n) is 12.5. The molecule has 1 fully saturated rings. The number of ether oxygens (including phenoxy) is 4. The summed E-state index contributed by atoms with van der Waals surface area (Å²) in [6.45, 7) is 11.7. The third-order valence-electron chi connectivity index (χ3n) is 6.70. The van der Waals surface area contributed by atoms with E-state index < -0.39 is 33.2 Å². The van der Waals surface area contributed by atoms with Gasteiger partial charge in [0, 0.05) is 25.7 Å². The minimum Gasteiger partial charge on any atom is -0.497 e. The summed E-state index contributed by atoms with van der Waals surface area (Å²) in [7, 11) is -0.824. The minimum absolute atomic E-state index is 0.0310. The standard InChI is InChI=1S/C31H44N2O8S/c1-30(2,3)40-28(34)27(23-12-13-33(20-23)29(35)41-31(4,5)6)17-21-10-9-11-26(16-21)42(36,37)32-19-22-14-24(38-7)18-25(15-22)39-8/h9-11,14-16,18,23,27,32H,12-13,17,19-20H2,1-8H3/t23-,27-/m0/s1. The van der Waals surface area contributed by atoms with Gasteiger partial charge in [0.1, 0.15) is 22.7 Å². The molecule has 3 rings (SSSR count). The van der Waals surface area contributed by atoms with Gasteiger partial charge in [-0.1, -0.05) is 12.1 Å². The molecule has 0 radical (unpaired) electrons. The maximum absolute atomic E-state index is 13.4. The quantitative estimate of drug-likeness (QED) is 0.379. The summed E-state index contributed by atoms with van der Waals surface area (Å²) in [5.74, 6) is -0.0238. The molecule has 1 aliphatic rings. The topological polar surface area (TPSA) is 120 Å². The zero-order valence-electron chi connectivity index (χ0n) is 25.9. The van der Waals surface area contributed by atoms with E-state index in [0.29, 0.717) is 42.1 Å². The normalized spacial score (nSPS) is 16.6. The first kappa shape index (κ1) is 33.2. The third kappa shape index (κ3) is 9.62. The molecule has 1 heterocycles. The van der Waals surface area contributed by atoms with Crippen molar-refractivity contribution in [2.75, 3.05) is 27.3 Å². The van der Waals surface area contributed by atoms with Crippen LogP contribution in [0.1, 0.15) is 59.1 Å². The second kappa shape index (κ2) is 13.3. The lowest BCUT2D eigenvalue weighted by atomic mass is 9.86. The molecule has 10 nitrogen and oxygen atoms in total. The molecule has 1 aliphatic heterocycles. The van der Waals surface area contributed by atoms with Crippen molar-refractivity contribution >= 4 is 22.1 Å².